The summed E-state index contributed by atoms with van der Waals surface area (Å²) in [4.78, 5) is 26.3. The molecule has 0 radical (unpaired) electrons. The molecule has 1 saturated heterocycles. The molecule has 0 spiro atoms. The highest BCUT2D eigenvalue weighted by atomic mass is 32.3. The first-order valence-corrected chi connectivity index (χ1v) is 12.4. The van der Waals surface area contributed by atoms with Crippen molar-refractivity contribution in [1.82, 2.24) is 30.2 Å². The summed E-state index contributed by atoms with van der Waals surface area (Å²) in [5.74, 6) is -0.459. The number of nitrogens with zero attached hydrogens (tertiary/aromatic N) is 6. The predicted octanol–water partition coefficient (Wildman–Crippen LogP) is -0.508. The van der Waals surface area contributed by atoms with Crippen LogP contribution in [0, 0.1) is 0 Å². The van der Waals surface area contributed by atoms with Crippen LogP contribution in [0.15, 0.2) is 11.4 Å². The fourth-order valence-corrected chi connectivity index (χ4v) is 4.11. The lowest BCUT2D eigenvalue weighted by Crippen LogP contribution is -2.52. The van der Waals surface area contributed by atoms with Gasteiger partial charge >= 0.3 is 32.9 Å². The summed E-state index contributed by atoms with van der Waals surface area (Å²) in [6.07, 6.45) is 0.314. The zero-order valence-electron chi connectivity index (χ0n) is 19.0. The number of fused-ring (bicyclic) bond motifs is 4. The first kappa shape index (κ1) is 26.4. The minimum atomic E-state index is -5.12. The number of carbonyl (C=O) groups is 2. The summed E-state index contributed by atoms with van der Waals surface area (Å²) in [6, 6.07) is -3.44. The van der Waals surface area contributed by atoms with E-state index in [2.05, 4.69) is 24.2 Å². The zero-order valence-corrected chi connectivity index (χ0v) is 20.6. The van der Waals surface area contributed by atoms with E-state index in [1.165, 1.54) is 25.0 Å². The van der Waals surface area contributed by atoms with E-state index in [0.717, 1.165) is 9.91 Å². The number of hydrogen-bond acceptors (Lipinski definition) is 11. The van der Waals surface area contributed by atoms with Crippen molar-refractivity contribution in [1.29, 1.82) is 0 Å². The number of hydrazine groups is 1. The fraction of sp³-hybridized carbons (Fsp3) is 0.600. The van der Waals surface area contributed by atoms with Crippen molar-refractivity contribution < 1.29 is 48.8 Å². The number of likely N-dealkylation sites (N-methyl/N-ethyl adjacent to an activating group) is 1. The van der Waals surface area contributed by atoms with Crippen molar-refractivity contribution in [2.24, 2.45) is 12.2 Å². The number of oxime groups is 1. The molecule has 2 bridgehead atoms. The lowest BCUT2D eigenvalue weighted by molar-refractivity contribution is -0.0316. The maximum atomic E-state index is 13.0. The Balaban J connectivity index is 2.08. The number of ether oxygens (including phenoxy) is 1. The minimum absolute atomic E-state index is 0.201. The lowest BCUT2D eigenvalue weighted by Gasteiger charge is -2.35. The average Bonchev–Trinajstić information content (AvgIpc) is 3.15. The molecule has 3 heterocycles. The average molecular weight is 542 g/mol. The van der Waals surface area contributed by atoms with Crippen LogP contribution in [0.5, 0.6) is 0 Å². The van der Waals surface area contributed by atoms with Gasteiger partial charge in [-0.05, 0) is 25.9 Å². The normalized spacial score (nSPS) is 20.5. The van der Waals surface area contributed by atoms with Crippen molar-refractivity contribution in [3.05, 3.63) is 17.5 Å². The van der Waals surface area contributed by atoms with E-state index in [1.54, 1.807) is 20.8 Å². The SMILES string of the molecule is CN(NC(=O)OC(C)(C)C)C(=NOS(=O)(=O)O)[C@@H]1c2c(cnn2C)[C@@H]2CN1C(=O)N2OS(=O)(=O)O. The highest BCUT2D eigenvalue weighted by Crippen LogP contribution is 2.44. The van der Waals surface area contributed by atoms with E-state index < -0.39 is 56.4 Å². The Morgan fingerprint density at radius 2 is 1.89 bits per heavy atom. The van der Waals surface area contributed by atoms with Gasteiger partial charge in [0.2, 0.25) is 0 Å². The first-order valence-electron chi connectivity index (χ1n) is 9.64. The van der Waals surface area contributed by atoms with Crippen molar-refractivity contribution in [3.63, 3.8) is 0 Å². The molecule has 0 aliphatic carbocycles. The maximum absolute atomic E-state index is 13.0. The molecule has 0 aromatic carbocycles. The molecule has 2 aliphatic rings. The predicted molar refractivity (Wildman–Crippen MR) is 112 cm³/mol. The van der Waals surface area contributed by atoms with E-state index in [0.29, 0.717) is 5.06 Å². The summed E-state index contributed by atoms with van der Waals surface area (Å²) >= 11 is 0. The third kappa shape index (κ3) is 5.90. The number of nitrogens with one attached hydrogen (secondary N) is 1. The van der Waals surface area contributed by atoms with Crippen LogP contribution in [0.1, 0.15) is 44.1 Å². The fourth-order valence-electron chi connectivity index (χ4n) is 3.56. The van der Waals surface area contributed by atoms with Crippen LogP contribution in [0.2, 0.25) is 0 Å². The van der Waals surface area contributed by atoms with Gasteiger partial charge in [0.1, 0.15) is 17.7 Å². The Morgan fingerprint density at radius 1 is 1.26 bits per heavy atom. The Kier molecular flexibility index (Phi) is 6.63. The van der Waals surface area contributed by atoms with Crippen LogP contribution >= 0.6 is 0 Å². The molecule has 18 nitrogen and oxygen atoms in total. The van der Waals surface area contributed by atoms with E-state index >= 15 is 0 Å². The van der Waals surface area contributed by atoms with Gasteiger partial charge in [0.25, 0.3) is 0 Å². The van der Waals surface area contributed by atoms with Gasteiger partial charge in [0.15, 0.2) is 5.84 Å². The number of urea groups is 1. The molecule has 0 unspecified atom stereocenters. The molecule has 3 amide bonds. The van der Waals surface area contributed by atoms with Gasteiger partial charge in [-0.25, -0.2) is 19.3 Å². The molecule has 3 rings (SSSR count). The Bertz CT molecular complexity index is 1270. The number of aryl methyl sites for hydroxylation is 1. The van der Waals surface area contributed by atoms with E-state index in [9.17, 15) is 26.4 Å². The number of rotatable bonds is 5. The largest absolute Gasteiger partial charge is 0.466 e. The Hall–Kier alpha value is -3.20. The third-order valence-electron chi connectivity index (χ3n) is 4.68. The maximum Gasteiger partial charge on any atom is 0.466 e. The van der Waals surface area contributed by atoms with Crippen LogP contribution in [0.25, 0.3) is 0 Å². The molecule has 3 N–H and O–H groups in total. The second-order valence-corrected chi connectivity index (χ2v) is 10.4. The van der Waals surface area contributed by atoms with Crippen molar-refractivity contribution in [3.8, 4) is 0 Å². The third-order valence-corrected chi connectivity index (χ3v) is 5.29. The van der Waals surface area contributed by atoms with Crippen LogP contribution in [0.3, 0.4) is 0 Å². The van der Waals surface area contributed by atoms with Gasteiger partial charge in [-0.2, -0.15) is 27.0 Å². The minimum Gasteiger partial charge on any atom is -0.443 e. The standard InChI is InChI=1S/C15H23N7O11S2/c1-15(2,3)31-13(23)17-20(5)12(18-32-34(25,26)27)11-10-8(6-16-19(10)4)9-7-21(11)14(24)22(9)33-35(28,29)30/h6,9,11H,7H2,1-5H3,(H,17,23)(H,25,26,27)(H,28,29,30)/t9-,11-/m0/s1. The van der Waals surface area contributed by atoms with Crippen molar-refractivity contribution in [2.75, 3.05) is 13.6 Å². The van der Waals surface area contributed by atoms with Gasteiger partial charge in [0.05, 0.1) is 18.4 Å². The number of hydrogen-bond donors (Lipinski definition) is 3. The van der Waals surface area contributed by atoms with Crippen molar-refractivity contribution in [2.45, 2.75) is 38.5 Å². The number of hydroxylamine groups is 2. The smallest absolute Gasteiger partial charge is 0.443 e. The summed E-state index contributed by atoms with van der Waals surface area (Å²) in [6.45, 7) is 4.57. The first-order chi connectivity index (χ1) is 15.9. The van der Waals surface area contributed by atoms with Crippen LogP contribution in [-0.2, 0) is 41.2 Å². The Labute approximate surface area is 199 Å². The molecule has 1 fully saturated rings. The van der Waals surface area contributed by atoms with Crippen molar-refractivity contribution >= 4 is 38.8 Å². The molecule has 2 atom stereocenters. The van der Waals surface area contributed by atoms with Gasteiger partial charge in [0, 0.05) is 19.7 Å². The summed E-state index contributed by atoms with van der Waals surface area (Å²) in [5.41, 5.74) is 1.83. The van der Waals surface area contributed by atoms with E-state index in [1.807, 2.05) is 0 Å². The molecule has 20 heteroatoms. The molecular formula is C15H23N7O11S2. The second kappa shape index (κ2) is 8.78. The summed E-state index contributed by atoms with van der Waals surface area (Å²) < 4.78 is 78.2. The lowest BCUT2D eigenvalue weighted by atomic mass is 9.97. The molecule has 2 aliphatic heterocycles. The van der Waals surface area contributed by atoms with Crippen LogP contribution in [0.4, 0.5) is 9.59 Å². The quantitative estimate of drug-likeness (QED) is 0.185. The second-order valence-electron chi connectivity index (χ2n) is 8.41. The topological polar surface area (TPSA) is 222 Å². The van der Waals surface area contributed by atoms with Crippen LogP contribution < -0.4 is 5.43 Å². The van der Waals surface area contributed by atoms with Gasteiger partial charge in [-0.1, -0.05) is 0 Å². The molecule has 1 aromatic heterocycles. The summed E-state index contributed by atoms with van der Waals surface area (Å²) in [5, 5.41) is 8.76. The number of amidine groups is 1. The molecule has 35 heavy (non-hydrogen) atoms. The number of amides is 3. The highest BCUT2D eigenvalue weighted by molar-refractivity contribution is 7.81. The van der Waals surface area contributed by atoms with Crippen LogP contribution in [-0.4, -0.2) is 87.8 Å². The van der Waals surface area contributed by atoms with Gasteiger partial charge in [-0.15, -0.1) is 4.28 Å². The highest BCUT2D eigenvalue weighted by Gasteiger charge is 2.54. The molecular weight excluding hydrogens is 518 g/mol. The number of aromatic nitrogens is 2. The zero-order chi connectivity index (χ0) is 26.5. The summed E-state index contributed by atoms with van der Waals surface area (Å²) in [7, 11) is -7.52. The molecule has 196 valence electrons. The van der Waals surface area contributed by atoms with E-state index in [4.69, 9.17) is 13.8 Å². The number of carbonyl (C=O) groups excluding carboxylic acids is 2. The molecule has 0 saturated carbocycles. The van der Waals surface area contributed by atoms with E-state index in [-0.39, 0.29) is 17.8 Å². The van der Waals surface area contributed by atoms with Gasteiger partial charge in [-0.3, -0.25) is 18.8 Å². The molecule has 1 aromatic rings. The monoisotopic (exact) mass is 541 g/mol. The Morgan fingerprint density at radius 3 is 2.43 bits per heavy atom. The van der Waals surface area contributed by atoms with Gasteiger partial charge < -0.3 is 9.64 Å².